The molecule has 0 N–H and O–H groups in total. The van der Waals surface area contributed by atoms with Gasteiger partial charge < -0.3 is 9.64 Å². The second-order valence-electron chi connectivity index (χ2n) is 5.81. The molecule has 7 heteroatoms. The van der Waals surface area contributed by atoms with Crippen LogP contribution in [0.3, 0.4) is 0 Å². The minimum absolute atomic E-state index is 0.00191. The maximum atomic E-state index is 12.0. The minimum Gasteiger partial charge on any atom is -0.444 e. The van der Waals surface area contributed by atoms with Crippen LogP contribution in [0.4, 0.5) is 4.79 Å². The molecule has 0 aromatic carbocycles. The van der Waals surface area contributed by atoms with E-state index in [0.717, 1.165) is 25.5 Å². The molecule has 0 bridgehead atoms. The van der Waals surface area contributed by atoms with Crippen molar-refractivity contribution in [3.63, 3.8) is 0 Å². The van der Waals surface area contributed by atoms with Gasteiger partial charge in [0.2, 0.25) is 0 Å². The topological polar surface area (TPSA) is 72.9 Å². The number of nitrogens with zero attached hydrogens (tertiary/aromatic N) is 1. The Kier molecular flexibility index (Phi) is 5.20. The van der Waals surface area contributed by atoms with E-state index in [4.69, 9.17) is 8.92 Å². The van der Waals surface area contributed by atoms with Crippen molar-refractivity contribution in [2.45, 2.75) is 51.7 Å². The van der Waals surface area contributed by atoms with E-state index in [2.05, 4.69) is 0 Å². The summed E-state index contributed by atoms with van der Waals surface area (Å²) in [6.07, 6.45) is 3.18. The summed E-state index contributed by atoms with van der Waals surface area (Å²) in [5.74, 6) is 0. The van der Waals surface area contributed by atoms with Crippen molar-refractivity contribution in [1.29, 1.82) is 0 Å². The van der Waals surface area contributed by atoms with Gasteiger partial charge in [-0.25, -0.2) is 4.79 Å². The van der Waals surface area contributed by atoms with Crippen LogP contribution in [-0.2, 0) is 19.0 Å². The van der Waals surface area contributed by atoms with Crippen LogP contribution < -0.4 is 0 Å². The third-order valence-electron chi connectivity index (χ3n) is 2.73. The van der Waals surface area contributed by atoms with Crippen molar-refractivity contribution in [1.82, 2.24) is 4.90 Å². The molecule has 112 valence electrons. The standard InChI is InChI=1S/C12H23NO5S/c1-12(2,3)18-11(14)13-8-6-5-7-10(13)9-17-19(4,15)16/h10H,5-9H2,1-4H3/t10-/m0/s1. The summed E-state index contributed by atoms with van der Waals surface area (Å²) in [5, 5.41) is 0. The Morgan fingerprint density at radius 2 is 1.95 bits per heavy atom. The smallest absolute Gasteiger partial charge is 0.410 e. The van der Waals surface area contributed by atoms with Crippen LogP contribution >= 0.6 is 0 Å². The highest BCUT2D eigenvalue weighted by Gasteiger charge is 2.31. The molecule has 0 spiro atoms. The van der Waals surface area contributed by atoms with Gasteiger partial charge in [-0.2, -0.15) is 8.42 Å². The highest BCUT2D eigenvalue weighted by atomic mass is 32.2. The number of hydrogen-bond donors (Lipinski definition) is 0. The Labute approximate surface area is 115 Å². The molecule has 0 aliphatic carbocycles. The number of rotatable bonds is 3. The van der Waals surface area contributed by atoms with Crippen molar-refractivity contribution < 1.29 is 22.1 Å². The van der Waals surface area contributed by atoms with Gasteiger partial charge in [0.25, 0.3) is 10.1 Å². The third kappa shape index (κ3) is 6.24. The summed E-state index contributed by atoms with van der Waals surface area (Å²) >= 11 is 0. The summed E-state index contributed by atoms with van der Waals surface area (Å²) in [7, 11) is -3.49. The lowest BCUT2D eigenvalue weighted by atomic mass is 10.0. The Morgan fingerprint density at radius 3 is 2.47 bits per heavy atom. The Hall–Kier alpha value is -0.820. The van der Waals surface area contributed by atoms with E-state index < -0.39 is 21.8 Å². The number of carbonyl (C=O) groups excluding carboxylic acids is 1. The van der Waals surface area contributed by atoms with E-state index in [1.165, 1.54) is 0 Å². The highest BCUT2D eigenvalue weighted by molar-refractivity contribution is 7.85. The molecule has 1 amide bonds. The summed E-state index contributed by atoms with van der Waals surface area (Å²) < 4.78 is 32.2. The molecule has 0 aromatic heterocycles. The molecule has 0 radical (unpaired) electrons. The van der Waals surface area contributed by atoms with E-state index >= 15 is 0 Å². The van der Waals surface area contributed by atoms with Crippen molar-refractivity contribution in [3.8, 4) is 0 Å². The molecule has 0 aromatic rings. The van der Waals surface area contributed by atoms with Gasteiger partial charge in [0.05, 0.1) is 18.9 Å². The predicted molar refractivity (Wildman–Crippen MR) is 71.4 cm³/mol. The van der Waals surface area contributed by atoms with Crippen molar-refractivity contribution in [3.05, 3.63) is 0 Å². The first kappa shape index (κ1) is 16.2. The quantitative estimate of drug-likeness (QED) is 0.741. The van der Waals surface area contributed by atoms with Gasteiger partial charge in [0.15, 0.2) is 0 Å². The van der Waals surface area contributed by atoms with E-state index in [0.29, 0.717) is 6.54 Å². The van der Waals surface area contributed by atoms with Crippen molar-refractivity contribution in [2.75, 3.05) is 19.4 Å². The predicted octanol–water partition coefficient (Wildman–Crippen LogP) is 1.75. The number of piperidine rings is 1. The molecule has 1 fully saturated rings. The lowest BCUT2D eigenvalue weighted by Crippen LogP contribution is -2.48. The Balaban J connectivity index is 2.64. The monoisotopic (exact) mass is 293 g/mol. The maximum Gasteiger partial charge on any atom is 0.410 e. The summed E-state index contributed by atoms with van der Waals surface area (Å²) in [6.45, 7) is 5.98. The summed E-state index contributed by atoms with van der Waals surface area (Å²) in [4.78, 5) is 13.6. The van der Waals surface area contributed by atoms with E-state index in [1.807, 2.05) is 0 Å². The van der Waals surface area contributed by atoms with Crippen LogP contribution in [-0.4, -0.2) is 50.5 Å². The minimum atomic E-state index is -3.49. The van der Waals surface area contributed by atoms with Gasteiger partial charge in [0.1, 0.15) is 5.60 Å². The van der Waals surface area contributed by atoms with Crippen LogP contribution in [0.5, 0.6) is 0 Å². The number of carbonyl (C=O) groups is 1. The van der Waals surface area contributed by atoms with Crippen molar-refractivity contribution in [2.24, 2.45) is 0 Å². The molecule has 1 aliphatic rings. The van der Waals surface area contributed by atoms with E-state index in [9.17, 15) is 13.2 Å². The molecule has 0 unspecified atom stereocenters. The molecular weight excluding hydrogens is 270 g/mol. The number of ether oxygens (including phenoxy) is 1. The molecule has 1 heterocycles. The first-order valence-electron chi connectivity index (χ1n) is 6.42. The molecule has 1 rings (SSSR count). The average Bonchev–Trinajstić information content (AvgIpc) is 2.23. The van der Waals surface area contributed by atoms with Gasteiger partial charge in [-0.05, 0) is 40.0 Å². The zero-order valence-electron chi connectivity index (χ0n) is 12.0. The molecular formula is C12H23NO5S. The fourth-order valence-electron chi connectivity index (χ4n) is 1.94. The molecule has 0 saturated carbocycles. The second kappa shape index (κ2) is 6.09. The summed E-state index contributed by atoms with van der Waals surface area (Å²) in [5.41, 5.74) is -0.559. The van der Waals surface area contributed by atoms with Gasteiger partial charge >= 0.3 is 6.09 Å². The fraction of sp³-hybridized carbons (Fsp3) is 0.917. The van der Waals surface area contributed by atoms with Crippen LogP contribution in [0.15, 0.2) is 0 Å². The fourth-order valence-corrected chi connectivity index (χ4v) is 2.34. The lowest BCUT2D eigenvalue weighted by Gasteiger charge is -2.36. The lowest BCUT2D eigenvalue weighted by molar-refractivity contribution is 0.00393. The largest absolute Gasteiger partial charge is 0.444 e. The van der Waals surface area contributed by atoms with Gasteiger partial charge in [0, 0.05) is 6.54 Å². The van der Waals surface area contributed by atoms with Gasteiger partial charge in [-0.15, -0.1) is 0 Å². The van der Waals surface area contributed by atoms with Crippen LogP contribution in [0.25, 0.3) is 0 Å². The van der Waals surface area contributed by atoms with E-state index in [1.54, 1.807) is 25.7 Å². The zero-order chi connectivity index (χ0) is 14.7. The van der Waals surface area contributed by atoms with Crippen LogP contribution in [0.1, 0.15) is 40.0 Å². The van der Waals surface area contributed by atoms with Crippen LogP contribution in [0, 0.1) is 0 Å². The Morgan fingerprint density at radius 1 is 1.32 bits per heavy atom. The summed E-state index contributed by atoms with van der Waals surface area (Å²) in [6, 6.07) is -0.238. The molecule has 1 atom stereocenters. The van der Waals surface area contributed by atoms with Gasteiger partial charge in [-0.3, -0.25) is 4.18 Å². The van der Waals surface area contributed by atoms with Gasteiger partial charge in [-0.1, -0.05) is 0 Å². The average molecular weight is 293 g/mol. The number of amides is 1. The van der Waals surface area contributed by atoms with Crippen molar-refractivity contribution >= 4 is 16.2 Å². The SMILES string of the molecule is CC(C)(C)OC(=O)N1CCCC[C@H]1COS(C)(=O)=O. The molecule has 1 saturated heterocycles. The zero-order valence-corrected chi connectivity index (χ0v) is 12.8. The number of hydrogen-bond acceptors (Lipinski definition) is 5. The second-order valence-corrected chi connectivity index (χ2v) is 7.46. The first-order valence-corrected chi connectivity index (χ1v) is 8.24. The first-order chi connectivity index (χ1) is 8.58. The van der Waals surface area contributed by atoms with Crippen LogP contribution in [0.2, 0.25) is 0 Å². The van der Waals surface area contributed by atoms with E-state index in [-0.39, 0.29) is 12.6 Å². The Bertz CT molecular complexity index is 412. The third-order valence-corrected chi connectivity index (χ3v) is 3.29. The highest BCUT2D eigenvalue weighted by Crippen LogP contribution is 2.21. The number of likely N-dealkylation sites (tertiary alicyclic amines) is 1. The maximum absolute atomic E-state index is 12.0. The molecule has 6 nitrogen and oxygen atoms in total. The normalized spacial score (nSPS) is 21.3. The molecule has 1 aliphatic heterocycles. The molecule has 19 heavy (non-hydrogen) atoms.